The predicted molar refractivity (Wildman–Crippen MR) is 94.8 cm³/mol. The molecule has 0 spiro atoms. The van der Waals surface area contributed by atoms with Crippen molar-refractivity contribution in [3.05, 3.63) is 36.2 Å². The molecule has 0 saturated carbocycles. The summed E-state index contributed by atoms with van der Waals surface area (Å²) in [5.74, 6) is -0.316. The maximum absolute atomic E-state index is 12.3. The summed E-state index contributed by atoms with van der Waals surface area (Å²) in [5.41, 5.74) is 7.11. The van der Waals surface area contributed by atoms with Crippen LogP contribution >= 0.6 is 0 Å². The first kappa shape index (κ1) is 17.1. The van der Waals surface area contributed by atoms with Crippen molar-refractivity contribution in [3.63, 3.8) is 0 Å². The van der Waals surface area contributed by atoms with Gasteiger partial charge < -0.3 is 21.1 Å². The Morgan fingerprint density at radius 2 is 2.15 bits per heavy atom. The van der Waals surface area contributed by atoms with E-state index >= 15 is 0 Å². The molecule has 0 aliphatic heterocycles. The Bertz CT molecular complexity index is 954. The molecule has 0 atom stereocenters. The molecule has 1 amide bonds. The van der Waals surface area contributed by atoms with Crippen LogP contribution in [-0.2, 0) is 9.53 Å². The van der Waals surface area contributed by atoms with Crippen molar-refractivity contribution >= 4 is 40.2 Å². The molecule has 0 fully saturated rings. The molecule has 0 aliphatic rings. The van der Waals surface area contributed by atoms with E-state index in [9.17, 15) is 9.59 Å². The maximum atomic E-state index is 12.3. The van der Waals surface area contributed by atoms with Gasteiger partial charge >= 0.3 is 5.97 Å². The lowest BCUT2D eigenvalue weighted by Crippen LogP contribution is -2.31. The molecule has 10 nitrogen and oxygen atoms in total. The predicted octanol–water partition coefficient (Wildman–Crippen LogP) is 0.972. The summed E-state index contributed by atoms with van der Waals surface area (Å²) in [6, 6.07) is 7.00. The number of amides is 1. The number of nitrogens with one attached hydrogen (secondary N) is 3. The van der Waals surface area contributed by atoms with Crippen LogP contribution in [0.3, 0.4) is 0 Å². The number of hydrogen-bond acceptors (Lipinski definition) is 8. The van der Waals surface area contributed by atoms with Crippen LogP contribution in [0, 0.1) is 0 Å². The molecule has 26 heavy (non-hydrogen) atoms. The molecule has 0 bridgehead atoms. The average Bonchev–Trinajstić information content (AvgIpc) is 3.03. The number of hydrogen-bond donors (Lipinski definition) is 4. The van der Waals surface area contributed by atoms with Gasteiger partial charge in [0.15, 0.2) is 5.69 Å². The van der Waals surface area contributed by atoms with Gasteiger partial charge in [0.25, 0.3) is 5.91 Å². The van der Waals surface area contributed by atoms with E-state index < -0.39 is 11.9 Å². The van der Waals surface area contributed by atoms with Gasteiger partial charge in [-0.1, -0.05) is 0 Å². The molecule has 5 N–H and O–H groups in total. The van der Waals surface area contributed by atoms with Gasteiger partial charge in [-0.2, -0.15) is 10.1 Å². The number of aromatic amines is 1. The average molecular weight is 355 g/mol. The second-order valence-electron chi connectivity index (χ2n) is 5.25. The number of carbonyl (C=O) groups excluding carboxylic acids is 2. The van der Waals surface area contributed by atoms with E-state index in [1.165, 1.54) is 6.20 Å². The molecule has 0 unspecified atom stereocenters. The number of fused-ring (bicyclic) bond motifs is 1. The minimum atomic E-state index is -0.510. The van der Waals surface area contributed by atoms with E-state index in [2.05, 4.69) is 30.8 Å². The van der Waals surface area contributed by atoms with Crippen LogP contribution in [0.1, 0.15) is 17.4 Å². The molecule has 0 saturated heterocycles. The van der Waals surface area contributed by atoms with Crippen LogP contribution in [0.5, 0.6) is 0 Å². The molecule has 0 aliphatic carbocycles. The smallest absolute Gasteiger partial charge is 0.325 e. The van der Waals surface area contributed by atoms with Crippen LogP contribution in [0.15, 0.2) is 30.5 Å². The molecule has 0 radical (unpaired) electrons. The maximum Gasteiger partial charge on any atom is 0.325 e. The number of ether oxygens (including phenoxy) is 1. The van der Waals surface area contributed by atoms with Crippen LogP contribution in [0.2, 0.25) is 0 Å². The first-order chi connectivity index (χ1) is 12.6. The Morgan fingerprint density at radius 1 is 1.31 bits per heavy atom. The zero-order valence-corrected chi connectivity index (χ0v) is 13.9. The number of esters is 1. The van der Waals surface area contributed by atoms with Gasteiger partial charge in [0, 0.05) is 17.3 Å². The number of anilines is 3. The van der Waals surface area contributed by atoms with Gasteiger partial charge in [0.1, 0.15) is 12.4 Å². The first-order valence-electron chi connectivity index (χ1n) is 7.84. The molecule has 3 aromatic rings. The second-order valence-corrected chi connectivity index (χ2v) is 5.25. The molecule has 134 valence electrons. The van der Waals surface area contributed by atoms with E-state index in [0.717, 1.165) is 0 Å². The Kier molecular flexibility index (Phi) is 4.92. The lowest BCUT2D eigenvalue weighted by Gasteiger charge is -2.06. The summed E-state index contributed by atoms with van der Waals surface area (Å²) in [7, 11) is 0. The monoisotopic (exact) mass is 355 g/mol. The van der Waals surface area contributed by atoms with Crippen molar-refractivity contribution < 1.29 is 14.3 Å². The number of aromatic nitrogens is 4. The van der Waals surface area contributed by atoms with Crippen LogP contribution < -0.4 is 16.4 Å². The minimum Gasteiger partial charge on any atom is -0.465 e. The van der Waals surface area contributed by atoms with Gasteiger partial charge in [0.05, 0.1) is 12.1 Å². The quantitative estimate of drug-likeness (QED) is 0.478. The topological polar surface area (TPSA) is 148 Å². The van der Waals surface area contributed by atoms with Gasteiger partial charge in [-0.15, -0.1) is 0 Å². The van der Waals surface area contributed by atoms with Crippen LogP contribution in [-0.4, -0.2) is 45.2 Å². The van der Waals surface area contributed by atoms with Crippen molar-refractivity contribution in [1.29, 1.82) is 0 Å². The summed E-state index contributed by atoms with van der Waals surface area (Å²) in [6.45, 7) is 1.72. The molecule has 2 heterocycles. The van der Waals surface area contributed by atoms with Crippen molar-refractivity contribution in [2.24, 2.45) is 0 Å². The van der Waals surface area contributed by atoms with Gasteiger partial charge in [0.2, 0.25) is 5.95 Å². The highest BCUT2D eigenvalue weighted by Crippen LogP contribution is 2.23. The van der Waals surface area contributed by atoms with E-state index in [-0.39, 0.29) is 24.8 Å². The highest BCUT2D eigenvalue weighted by Gasteiger charge is 2.16. The molecule has 10 heteroatoms. The third kappa shape index (κ3) is 3.86. The number of nitrogens with two attached hydrogens (primary N) is 1. The molecular formula is C16H17N7O3. The number of nitrogens with zero attached hydrogens (tertiary/aromatic N) is 3. The Labute approximate surface area is 148 Å². The molecule has 3 rings (SSSR count). The highest BCUT2D eigenvalue weighted by molar-refractivity contribution is 6.06. The summed E-state index contributed by atoms with van der Waals surface area (Å²) in [6.07, 6.45) is 1.54. The van der Waals surface area contributed by atoms with Crippen molar-refractivity contribution in [2.75, 3.05) is 24.2 Å². The Balaban J connectivity index is 1.79. The van der Waals surface area contributed by atoms with Gasteiger partial charge in [-0.25, -0.2) is 4.98 Å². The lowest BCUT2D eigenvalue weighted by atomic mass is 10.2. The number of rotatable bonds is 6. The zero-order chi connectivity index (χ0) is 18.5. The third-order valence-corrected chi connectivity index (χ3v) is 3.42. The fourth-order valence-corrected chi connectivity index (χ4v) is 2.30. The van der Waals surface area contributed by atoms with E-state index in [4.69, 9.17) is 10.5 Å². The van der Waals surface area contributed by atoms with Gasteiger partial charge in [-0.3, -0.25) is 14.7 Å². The minimum absolute atomic E-state index is 0.151. The van der Waals surface area contributed by atoms with Crippen molar-refractivity contribution in [1.82, 2.24) is 25.5 Å². The summed E-state index contributed by atoms with van der Waals surface area (Å²) < 4.78 is 4.78. The van der Waals surface area contributed by atoms with Crippen molar-refractivity contribution in [3.8, 4) is 0 Å². The zero-order valence-electron chi connectivity index (χ0n) is 13.9. The second kappa shape index (κ2) is 7.47. The summed E-state index contributed by atoms with van der Waals surface area (Å²) in [4.78, 5) is 31.5. The molecule has 2 aromatic heterocycles. The van der Waals surface area contributed by atoms with Crippen LogP contribution in [0.25, 0.3) is 10.9 Å². The molecule has 1 aromatic carbocycles. The highest BCUT2D eigenvalue weighted by atomic mass is 16.5. The standard InChI is InChI=1S/C16H17N7O3/c1-2-26-13(24)8-19-15(25)14-10-7-9(3-4-11(10)22-23-14)20-12-5-6-18-16(17)21-12/h3-7H,2,8H2,1H3,(H,19,25)(H,22,23)(H3,17,18,20,21). The summed E-state index contributed by atoms with van der Waals surface area (Å²) in [5, 5.41) is 13.0. The Morgan fingerprint density at radius 3 is 2.92 bits per heavy atom. The fraction of sp³-hybridized carbons (Fsp3) is 0.188. The van der Waals surface area contributed by atoms with Crippen LogP contribution in [0.4, 0.5) is 17.5 Å². The lowest BCUT2D eigenvalue weighted by molar-refractivity contribution is -0.141. The Hall–Kier alpha value is -3.69. The largest absolute Gasteiger partial charge is 0.465 e. The number of carbonyl (C=O) groups is 2. The van der Waals surface area contributed by atoms with E-state index in [1.807, 2.05) is 0 Å². The third-order valence-electron chi connectivity index (χ3n) is 3.42. The SMILES string of the molecule is CCOC(=O)CNC(=O)c1n[nH]c2ccc(Nc3ccnc(N)n3)cc12. The van der Waals surface area contributed by atoms with E-state index in [1.54, 1.807) is 31.2 Å². The normalized spacial score (nSPS) is 10.5. The number of benzene rings is 1. The number of H-pyrrole nitrogens is 1. The summed E-state index contributed by atoms with van der Waals surface area (Å²) >= 11 is 0. The van der Waals surface area contributed by atoms with E-state index in [0.29, 0.717) is 22.4 Å². The van der Waals surface area contributed by atoms with Crippen molar-refractivity contribution in [2.45, 2.75) is 6.92 Å². The first-order valence-corrected chi connectivity index (χ1v) is 7.84. The van der Waals surface area contributed by atoms with Gasteiger partial charge in [-0.05, 0) is 31.2 Å². The fourth-order valence-electron chi connectivity index (χ4n) is 2.30. The molecular weight excluding hydrogens is 338 g/mol. The number of nitrogen functional groups attached to an aromatic ring is 1.